The maximum absolute atomic E-state index is 2.49. The molecule has 0 aromatic rings. The van der Waals surface area contributed by atoms with Crippen LogP contribution in [0.5, 0.6) is 0 Å². The molecule has 1 nitrogen and oxygen atoms in total. The van der Waals surface area contributed by atoms with Crippen molar-refractivity contribution in [1.82, 2.24) is 4.90 Å². The van der Waals surface area contributed by atoms with Crippen LogP contribution in [0.3, 0.4) is 0 Å². The van der Waals surface area contributed by atoms with Crippen LogP contribution in [0, 0.1) is 0 Å². The van der Waals surface area contributed by atoms with Crippen molar-refractivity contribution in [3.63, 3.8) is 0 Å². The van der Waals surface area contributed by atoms with Crippen molar-refractivity contribution in [1.29, 1.82) is 0 Å². The van der Waals surface area contributed by atoms with Gasteiger partial charge in [-0.05, 0) is 23.3 Å². The van der Waals surface area contributed by atoms with Crippen molar-refractivity contribution >= 4 is 0 Å². The maximum atomic E-state index is 2.49. The summed E-state index contributed by atoms with van der Waals surface area (Å²) in [5.74, 6) is 0. The lowest BCUT2D eigenvalue weighted by molar-refractivity contribution is 0.310. The van der Waals surface area contributed by atoms with Crippen LogP contribution in [-0.2, 0) is 0 Å². The molecule has 2 atom stereocenters. The van der Waals surface area contributed by atoms with Crippen molar-refractivity contribution in [2.24, 2.45) is 0 Å². The van der Waals surface area contributed by atoms with Crippen LogP contribution in [-0.4, -0.2) is 17.0 Å². The molecule has 0 aromatic heterocycles. The molecule has 2 unspecified atom stereocenters. The zero-order valence-electron chi connectivity index (χ0n) is 8.30. The second kappa shape index (κ2) is 2.43. The highest BCUT2D eigenvalue weighted by Crippen LogP contribution is 2.39. The van der Waals surface area contributed by atoms with E-state index in [1.54, 1.807) is 0 Å². The van der Waals surface area contributed by atoms with Gasteiger partial charge in [0.05, 0.1) is 12.1 Å². The van der Waals surface area contributed by atoms with E-state index in [-0.39, 0.29) is 0 Å². The van der Waals surface area contributed by atoms with Crippen LogP contribution in [0.15, 0.2) is 71.5 Å². The monoisotopic (exact) mass is 193 g/mol. The van der Waals surface area contributed by atoms with Crippen molar-refractivity contribution in [2.45, 2.75) is 12.1 Å². The molecule has 4 rings (SSSR count). The van der Waals surface area contributed by atoms with E-state index < -0.39 is 0 Å². The minimum atomic E-state index is 0.458. The molecule has 0 radical (unpaired) electrons. The van der Waals surface area contributed by atoms with Gasteiger partial charge in [-0.1, -0.05) is 42.5 Å². The number of rotatable bonds is 0. The Labute approximate surface area is 89.1 Å². The predicted molar refractivity (Wildman–Crippen MR) is 61.1 cm³/mol. The molecule has 3 heterocycles. The lowest BCUT2D eigenvalue weighted by atomic mass is 9.86. The molecule has 15 heavy (non-hydrogen) atoms. The second-order valence-electron chi connectivity index (χ2n) is 4.30. The Morgan fingerprint density at radius 2 is 1.73 bits per heavy atom. The van der Waals surface area contributed by atoms with Gasteiger partial charge in [0.1, 0.15) is 0 Å². The number of allylic oxidation sites excluding steroid dienone is 5. The molecule has 0 amide bonds. The minimum absolute atomic E-state index is 0.458. The Morgan fingerprint density at radius 1 is 0.867 bits per heavy atom. The summed E-state index contributed by atoms with van der Waals surface area (Å²) in [6.07, 6.45) is 20.1. The SMILES string of the molecule is C1=CC2=CC=C3C=CC4C=CC(=C1)C2N34. The number of hydrogen-bond donors (Lipinski definition) is 0. The third-order valence-electron chi connectivity index (χ3n) is 3.50. The summed E-state index contributed by atoms with van der Waals surface area (Å²) in [5.41, 5.74) is 4.17. The van der Waals surface area contributed by atoms with Gasteiger partial charge in [-0.2, -0.15) is 0 Å². The van der Waals surface area contributed by atoms with Gasteiger partial charge < -0.3 is 4.90 Å². The summed E-state index contributed by atoms with van der Waals surface area (Å²) in [5, 5.41) is 0. The smallest absolute Gasteiger partial charge is 0.0805 e. The molecule has 0 aromatic carbocycles. The van der Waals surface area contributed by atoms with E-state index in [1.807, 2.05) is 0 Å². The fourth-order valence-electron chi connectivity index (χ4n) is 2.82. The fourth-order valence-corrected chi connectivity index (χ4v) is 2.82. The molecule has 0 spiro atoms. The number of nitrogens with zero attached hydrogens (tertiary/aromatic N) is 1. The average Bonchev–Trinajstić information content (AvgIpc) is 2.71. The summed E-state index contributed by atoms with van der Waals surface area (Å²) < 4.78 is 0. The summed E-state index contributed by atoms with van der Waals surface area (Å²) in [6.45, 7) is 0. The first kappa shape index (κ1) is 7.52. The molecule has 3 aliphatic heterocycles. The van der Waals surface area contributed by atoms with Crippen LogP contribution in [0.25, 0.3) is 0 Å². The Balaban J connectivity index is 2.00. The molecule has 0 N–H and O–H groups in total. The molecule has 1 aliphatic carbocycles. The third-order valence-corrected chi connectivity index (χ3v) is 3.50. The van der Waals surface area contributed by atoms with Crippen LogP contribution in [0.1, 0.15) is 0 Å². The molecular weight excluding hydrogens is 182 g/mol. The van der Waals surface area contributed by atoms with Crippen molar-refractivity contribution < 1.29 is 0 Å². The quantitative estimate of drug-likeness (QED) is 0.571. The van der Waals surface area contributed by atoms with Crippen LogP contribution >= 0.6 is 0 Å². The first-order chi connectivity index (χ1) is 7.43. The van der Waals surface area contributed by atoms with E-state index in [4.69, 9.17) is 0 Å². The van der Waals surface area contributed by atoms with E-state index in [2.05, 4.69) is 59.6 Å². The Morgan fingerprint density at radius 3 is 2.73 bits per heavy atom. The summed E-state index contributed by atoms with van der Waals surface area (Å²) >= 11 is 0. The maximum Gasteiger partial charge on any atom is 0.0805 e. The van der Waals surface area contributed by atoms with Crippen LogP contribution in [0.4, 0.5) is 0 Å². The largest absolute Gasteiger partial charge is 0.350 e. The lowest BCUT2D eigenvalue weighted by Crippen LogP contribution is -2.43. The van der Waals surface area contributed by atoms with E-state index >= 15 is 0 Å². The highest BCUT2D eigenvalue weighted by atomic mass is 15.2. The third kappa shape index (κ3) is 0.834. The zero-order valence-corrected chi connectivity index (χ0v) is 8.30. The van der Waals surface area contributed by atoms with E-state index in [1.165, 1.54) is 16.8 Å². The second-order valence-corrected chi connectivity index (χ2v) is 4.30. The summed E-state index contributed by atoms with van der Waals surface area (Å²) in [6, 6.07) is 0.925. The van der Waals surface area contributed by atoms with Crippen molar-refractivity contribution in [2.75, 3.05) is 0 Å². The Hall–Kier alpha value is -1.76. The van der Waals surface area contributed by atoms with Gasteiger partial charge in [-0.15, -0.1) is 0 Å². The average molecular weight is 193 g/mol. The molecule has 1 heteroatoms. The molecule has 4 aliphatic rings. The van der Waals surface area contributed by atoms with Crippen LogP contribution < -0.4 is 0 Å². The zero-order chi connectivity index (χ0) is 9.83. The van der Waals surface area contributed by atoms with Crippen molar-refractivity contribution in [3.8, 4) is 0 Å². The first-order valence-corrected chi connectivity index (χ1v) is 5.38. The highest BCUT2D eigenvalue weighted by molar-refractivity contribution is 5.56. The molecular formula is C14H11N. The molecule has 0 saturated heterocycles. The Kier molecular flexibility index (Phi) is 1.22. The highest BCUT2D eigenvalue weighted by Gasteiger charge is 2.36. The van der Waals surface area contributed by atoms with E-state index in [0.717, 1.165) is 0 Å². The fraction of sp³-hybridized carbons (Fsp3) is 0.143. The first-order valence-electron chi connectivity index (χ1n) is 5.38. The van der Waals surface area contributed by atoms with Gasteiger partial charge >= 0.3 is 0 Å². The van der Waals surface area contributed by atoms with Gasteiger partial charge in [0.15, 0.2) is 0 Å². The van der Waals surface area contributed by atoms with Gasteiger partial charge in [0.2, 0.25) is 0 Å². The molecule has 0 saturated carbocycles. The predicted octanol–water partition coefficient (Wildman–Crippen LogP) is 2.49. The number of hydrogen-bond acceptors (Lipinski definition) is 1. The van der Waals surface area contributed by atoms with Gasteiger partial charge in [0, 0.05) is 5.70 Å². The molecule has 72 valence electrons. The van der Waals surface area contributed by atoms with Crippen molar-refractivity contribution in [3.05, 3.63) is 71.5 Å². The molecule has 0 fully saturated rings. The van der Waals surface area contributed by atoms with Gasteiger partial charge in [-0.25, -0.2) is 0 Å². The van der Waals surface area contributed by atoms with E-state index in [9.17, 15) is 0 Å². The van der Waals surface area contributed by atoms with Gasteiger partial charge in [-0.3, -0.25) is 0 Å². The normalized spacial score (nSPS) is 33.6. The summed E-state index contributed by atoms with van der Waals surface area (Å²) in [7, 11) is 0. The standard InChI is InChI=1S/C14H11N/c1-2-10-4-6-12-8-9-13-7-5-11(3-1)14(10)15(12)13/h1-9,12,14H. The minimum Gasteiger partial charge on any atom is -0.350 e. The van der Waals surface area contributed by atoms with Gasteiger partial charge in [0.25, 0.3) is 0 Å². The van der Waals surface area contributed by atoms with E-state index in [0.29, 0.717) is 12.1 Å². The molecule has 0 bridgehead atoms. The summed E-state index contributed by atoms with van der Waals surface area (Å²) in [4.78, 5) is 2.49. The van der Waals surface area contributed by atoms with Crippen LogP contribution in [0.2, 0.25) is 0 Å². The Bertz CT molecular complexity index is 511. The topological polar surface area (TPSA) is 3.24 Å². The lowest BCUT2D eigenvalue weighted by Gasteiger charge is -2.42.